The van der Waals surface area contributed by atoms with E-state index in [1.54, 1.807) is 4.90 Å². The van der Waals surface area contributed by atoms with E-state index in [2.05, 4.69) is 22.9 Å². The molecule has 5 N–H and O–H groups in total. The monoisotopic (exact) mass is 725 g/mol. The zero-order chi connectivity index (χ0) is 37.4. The number of ketones is 1. The van der Waals surface area contributed by atoms with Crippen molar-refractivity contribution >= 4 is 35.3 Å². The van der Waals surface area contributed by atoms with Gasteiger partial charge in [0.15, 0.2) is 0 Å². The lowest BCUT2D eigenvalue weighted by molar-refractivity contribution is -0.145. The van der Waals surface area contributed by atoms with Gasteiger partial charge in [0.1, 0.15) is 18.1 Å². The molecule has 2 aliphatic heterocycles. The van der Waals surface area contributed by atoms with Gasteiger partial charge in [-0.25, -0.2) is 0 Å². The number of nitrogens with one attached hydrogen (secondary N) is 3. The molecule has 290 valence electrons. The Labute approximate surface area is 309 Å². The van der Waals surface area contributed by atoms with Crippen molar-refractivity contribution in [3.63, 3.8) is 0 Å². The predicted octanol–water partition coefficient (Wildman–Crippen LogP) is 3.54. The fourth-order valence-corrected chi connectivity index (χ4v) is 10.6. The van der Waals surface area contributed by atoms with Crippen LogP contribution in [0.2, 0.25) is 0 Å². The average Bonchev–Trinajstić information content (AvgIpc) is 3.35. The highest BCUT2D eigenvalue weighted by molar-refractivity contribution is 6.37. The van der Waals surface area contributed by atoms with Crippen molar-refractivity contribution in [2.24, 2.45) is 45.7 Å². The van der Waals surface area contributed by atoms with Crippen LogP contribution in [0.25, 0.3) is 0 Å². The second kappa shape index (κ2) is 15.4. The highest BCUT2D eigenvalue weighted by atomic mass is 16.5. The molecule has 6 atom stereocenters. The maximum absolute atomic E-state index is 14.9. The summed E-state index contributed by atoms with van der Waals surface area (Å²) >= 11 is 0. The smallest absolute Gasteiger partial charge is 0.287 e. The first-order valence-electron chi connectivity index (χ1n) is 20.3. The van der Waals surface area contributed by atoms with Gasteiger partial charge in [-0.2, -0.15) is 0 Å². The summed E-state index contributed by atoms with van der Waals surface area (Å²) < 4.78 is 5.47. The van der Waals surface area contributed by atoms with Crippen LogP contribution in [-0.4, -0.2) is 84.1 Å². The van der Waals surface area contributed by atoms with Gasteiger partial charge >= 0.3 is 0 Å². The Morgan fingerprint density at radius 1 is 0.827 bits per heavy atom. The van der Waals surface area contributed by atoms with E-state index in [1.165, 1.54) is 0 Å². The van der Waals surface area contributed by atoms with Crippen molar-refractivity contribution in [3.05, 3.63) is 0 Å². The second-order valence-corrected chi connectivity index (χ2v) is 18.4. The minimum atomic E-state index is -1.08. The standard InChI is InChI=1S/C40H63N5O7/c1-24-39(16-9-17-39)40(24)22-29(35(49)42-28(32(47)34(41)48)20-25-10-8-11-25)45(23-40)37(51)33(38(2,3)4)44-36(50)31(27-12-6-5-7-13-27)43-30(46)21-26-14-18-52-19-15-26/h24-29,31,33H,5-23H2,1-4H3,(H2,41,48)(H,42,49)(H,43,46)(H,44,50)/t24?,28?,29-,31-,33+,40+/m0/s1. The van der Waals surface area contributed by atoms with Crippen LogP contribution in [0.1, 0.15) is 130 Å². The molecule has 0 aromatic carbocycles. The number of hydrogen-bond acceptors (Lipinski definition) is 7. The summed E-state index contributed by atoms with van der Waals surface area (Å²) in [6, 6.07) is -3.61. The van der Waals surface area contributed by atoms with Gasteiger partial charge in [-0.1, -0.05) is 72.6 Å². The number of ether oxygens (including phenoxy) is 1. The number of primary amides is 1. The Morgan fingerprint density at radius 2 is 1.50 bits per heavy atom. The van der Waals surface area contributed by atoms with Crippen LogP contribution in [0, 0.1) is 39.9 Å². The number of fused-ring (bicyclic) bond motifs is 1. The molecule has 6 fully saturated rings. The Bertz CT molecular complexity index is 1390. The first kappa shape index (κ1) is 38.7. The molecule has 12 heteroatoms. The fraction of sp³-hybridized carbons (Fsp3) is 0.850. The van der Waals surface area contributed by atoms with Crippen LogP contribution < -0.4 is 21.7 Å². The topological polar surface area (TPSA) is 177 Å². The lowest BCUT2D eigenvalue weighted by atomic mass is 9.74. The third kappa shape index (κ3) is 7.65. The number of likely N-dealkylation sites (tertiary alicyclic amines) is 1. The zero-order valence-electron chi connectivity index (χ0n) is 31.9. The minimum absolute atomic E-state index is 0.0297. The van der Waals surface area contributed by atoms with Crippen LogP contribution in [0.4, 0.5) is 0 Å². The molecular weight excluding hydrogens is 662 g/mol. The van der Waals surface area contributed by atoms with E-state index in [1.807, 2.05) is 20.8 Å². The van der Waals surface area contributed by atoms with Crippen molar-refractivity contribution in [1.82, 2.24) is 20.9 Å². The van der Waals surface area contributed by atoms with E-state index in [9.17, 15) is 28.8 Å². The summed E-state index contributed by atoms with van der Waals surface area (Å²) in [5.74, 6) is -2.42. The van der Waals surface area contributed by atoms with E-state index >= 15 is 0 Å². The number of nitrogens with zero attached hydrogens (tertiary/aromatic N) is 1. The Hall–Kier alpha value is -3.02. The molecule has 52 heavy (non-hydrogen) atoms. The van der Waals surface area contributed by atoms with Gasteiger partial charge in [-0.3, -0.25) is 28.8 Å². The number of carbonyl (C=O) groups is 6. The number of hydrogen-bond donors (Lipinski definition) is 4. The van der Waals surface area contributed by atoms with Gasteiger partial charge in [0.2, 0.25) is 29.4 Å². The molecule has 4 aliphatic carbocycles. The van der Waals surface area contributed by atoms with Gasteiger partial charge in [-0.05, 0) is 91.3 Å². The third-order valence-corrected chi connectivity index (χ3v) is 14.4. The Kier molecular flexibility index (Phi) is 11.4. The summed E-state index contributed by atoms with van der Waals surface area (Å²) in [5.41, 5.74) is 4.59. The second-order valence-electron chi connectivity index (χ2n) is 18.4. The van der Waals surface area contributed by atoms with Crippen LogP contribution in [-0.2, 0) is 33.5 Å². The molecule has 5 amide bonds. The van der Waals surface area contributed by atoms with Crippen LogP contribution in [0.15, 0.2) is 0 Å². The van der Waals surface area contributed by atoms with Crippen molar-refractivity contribution in [2.45, 2.75) is 155 Å². The van der Waals surface area contributed by atoms with Crippen molar-refractivity contribution in [2.75, 3.05) is 19.8 Å². The molecule has 2 spiro atoms. The van der Waals surface area contributed by atoms with Gasteiger partial charge < -0.3 is 31.3 Å². The molecule has 2 heterocycles. The quantitative estimate of drug-likeness (QED) is 0.210. The SMILES string of the molecule is CC1C2(CCC2)[C@@]12C[C@@H](C(=O)NC(CC1CCC1)C(=O)C(N)=O)N(C(=O)[C@@H](NC(=O)[C@@H](NC(=O)CC1CCOCC1)C1CCCCC1)C(C)(C)C)C2. The maximum Gasteiger partial charge on any atom is 0.287 e. The molecule has 12 nitrogen and oxygen atoms in total. The zero-order valence-corrected chi connectivity index (χ0v) is 31.9. The first-order valence-corrected chi connectivity index (χ1v) is 20.3. The Morgan fingerprint density at radius 3 is 2.04 bits per heavy atom. The summed E-state index contributed by atoms with van der Waals surface area (Å²) in [4.78, 5) is 83.5. The molecule has 2 saturated heterocycles. The van der Waals surface area contributed by atoms with Crippen LogP contribution in [0.5, 0.6) is 0 Å². The van der Waals surface area contributed by atoms with Gasteiger partial charge in [0.25, 0.3) is 5.91 Å². The minimum Gasteiger partial charge on any atom is -0.381 e. The largest absolute Gasteiger partial charge is 0.381 e. The summed E-state index contributed by atoms with van der Waals surface area (Å²) in [6.45, 7) is 9.62. The maximum atomic E-state index is 14.9. The van der Waals surface area contributed by atoms with E-state index in [0.29, 0.717) is 44.9 Å². The third-order valence-electron chi connectivity index (χ3n) is 14.4. The molecule has 0 aromatic rings. The van der Waals surface area contributed by atoms with E-state index in [-0.39, 0.29) is 46.3 Å². The molecule has 6 rings (SSSR count). The van der Waals surface area contributed by atoms with Crippen molar-refractivity contribution < 1.29 is 33.5 Å². The van der Waals surface area contributed by atoms with E-state index < -0.39 is 47.2 Å². The highest BCUT2D eigenvalue weighted by Gasteiger charge is 2.78. The lowest BCUT2D eigenvalue weighted by Crippen LogP contribution is -2.62. The molecule has 2 unspecified atom stereocenters. The van der Waals surface area contributed by atoms with Crippen LogP contribution >= 0.6 is 0 Å². The predicted molar refractivity (Wildman–Crippen MR) is 194 cm³/mol. The number of amides is 5. The van der Waals surface area contributed by atoms with Crippen LogP contribution in [0.3, 0.4) is 0 Å². The fourth-order valence-electron chi connectivity index (χ4n) is 10.6. The molecule has 0 aromatic heterocycles. The first-order chi connectivity index (χ1) is 24.7. The van der Waals surface area contributed by atoms with Gasteiger partial charge in [0, 0.05) is 26.2 Å². The molecule has 6 aliphatic rings. The number of nitrogens with two attached hydrogens (primary N) is 1. The lowest BCUT2D eigenvalue weighted by Gasteiger charge is -2.38. The molecule has 4 saturated carbocycles. The van der Waals surface area contributed by atoms with E-state index in [4.69, 9.17) is 10.5 Å². The average molecular weight is 726 g/mol. The summed E-state index contributed by atoms with van der Waals surface area (Å²) in [6.07, 6.45) is 13.7. The molecule has 0 bridgehead atoms. The highest BCUT2D eigenvalue weighted by Crippen LogP contribution is 2.81. The normalized spacial score (nSPS) is 29.3. The van der Waals surface area contributed by atoms with Gasteiger partial charge in [-0.15, -0.1) is 0 Å². The van der Waals surface area contributed by atoms with E-state index in [0.717, 1.165) is 83.5 Å². The van der Waals surface area contributed by atoms with Crippen molar-refractivity contribution in [1.29, 1.82) is 0 Å². The molecular formula is C40H63N5O7. The summed E-state index contributed by atoms with van der Waals surface area (Å²) in [5, 5.41) is 9.08. The Balaban J connectivity index is 1.23. The molecule has 0 radical (unpaired) electrons. The van der Waals surface area contributed by atoms with Gasteiger partial charge in [0.05, 0.1) is 6.04 Å². The number of rotatable bonds is 13. The number of carbonyl (C=O) groups excluding carboxylic acids is 6. The van der Waals surface area contributed by atoms with Crippen molar-refractivity contribution in [3.8, 4) is 0 Å². The summed E-state index contributed by atoms with van der Waals surface area (Å²) in [7, 11) is 0. The number of Topliss-reactive ketones (excluding diaryl/α,β-unsaturated/α-hetero) is 1.